The Morgan fingerprint density at radius 1 is 1.18 bits per heavy atom. The Labute approximate surface area is 133 Å². The van der Waals surface area contributed by atoms with E-state index in [9.17, 15) is 10.2 Å². The smallest absolute Gasteiger partial charge is 0.168 e. The average molecular weight is 307 g/mol. The molecule has 3 rings (SSSR count). The number of ether oxygens (including phenoxy) is 1. The Balaban J connectivity index is 1.71. The van der Waals surface area contributed by atoms with Gasteiger partial charge < -0.3 is 14.9 Å². The quantitative estimate of drug-likeness (QED) is 0.783. The van der Waals surface area contributed by atoms with E-state index in [2.05, 4.69) is 13.0 Å². The first kappa shape index (κ1) is 16.2. The summed E-state index contributed by atoms with van der Waals surface area (Å²) in [4.78, 5) is 0. The fourth-order valence-electron chi connectivity index (χ4n) is 5.60. The fraction of sp³-hybridized carbons (Fsp3) is 0.944. The van der Waals surface area contributed by atoms with E-state index < -0.39 is 5.79 Å². The molecule has 6 atom stereocenters. The van der Waals surface area contributed by atoms with Crippen molar-refractivity contribution < 1.29 is 14.9 Å². The SMILES string of the molecule is CC[C@]12CCC3(O)OC(CCCC#N)CCC3[C@@H]1CC[C@H]2O. The summed E-state index contributed by atoms with van der Waals surface area (Å²) in [6.07, 6.45) is 8.54. The molecule has 3 unspecified atom stereocenters. The number of nitriles is 1. The molecule has 2 aliphatic carbocycles. The maximum atomic E-state index is 11.1. The summed E-state index contributed by atoms with van der Waals surface area (Å²) in [6.45, 7) is 2.18. The number of aliphatic hydroxyl groups excluding tert-OH is 1. The first-order chi connectivity index (χ1) is 10.6. The van der Waals surface area contributed by atoms with Crippen LogP contribution in [0.15, 0.2) is 0 Å². The van der Waals surface area contributed by atoms with E-state index in [1.165, 1.54) is 0 Å². The van der Waals surface area contributed by atoms with Crippen LogP contribution >= 0.6 is 0 Å². The van der Waals surface area contributed by atoms with Gasteiger partial charge in [0.05, 0.1) is 18.3 Å². The Bertz CT molecular complexity index is 448. The van der Waals surface area contributed by atoms with Gasteiger partial charge in [0.15, 0.2) is 5.79 Å². The van der Waals surface area contributed by atoms with Gasteiger partial charge in [-0.3, -0.25) is 0 Å². The minimum Gasteiger partial charge on any atom is -0.393 e. The molecule has 2 saturated carbocycles. The average Bonchev–Trinajstić information content (AvgIpc) is 2.84. The first-order valence-corrected chi connectivity index (χ1v) is 9.01. The Kier molecular flexibility index (Phi) is 4.51. The van der Waals surface area contributed by atoms with Gasteiger partial charge in [-0.1, -0.05) is 6.92 Å². The van der Waals surface area contributed by atoms with Gasteiger partial charge in [0.1, 0.15) is 0 Å². The molecule has 0 spiro atoms. The number of unbranched alkanes of at least 4 members (excludes halogenated alkanes) is 1. The summed E-state index contributed by atoms with van der Waals surface area (Å²) in [7, 11) is 0. The highest BCUT2D eigenvalue weighted by Gasteiger charge is 2.61. The Morgan fingerprint density at radius 2 is 1.95 bits per heavy atom. The zero-order chi connectivity index (χ0) is 15.8. The number of hydrogen-bond donors (Lipinski definition) is 2. The van der Waals surface area contributed by atoms with E-state index in [1.807, 2.05) is 0 Å². The molecular formula is C18H29NO3. The minimum absolute atomic E-state index is 0.00784. The lowest BCUT2D eigenvalue weighted by Crippen LogP contribution is -2.58. The molecule has 22 heavy (non-hydrogen) atoms. The van der Waals surface area contributed by atoms with Crippen molar-refractivity contribution in [1.82, 2.24) is 0 Å². The van der Waals surface area contributed by atoms with E-state index in [-0.39, 0.29) is 23.5 Å². The van der Waals surface area contributed by atoms with Crippen molar-refractivity contribution in [2.24, 2.45) is 17.3 Å². The van der Waals surface area contributed by atoms with Gasteiger partial charge in [0.25, 0.3) is 0 Å². The normalized spacial score (nSPS) is 47.5. The molecule has 0 aromatic carbocycles. The monoisotopic (exact) mass is 307 g/mol. The lowest BCUT2D eigenvalue weighted by molar-refractivity contribution is -0.321. The third-order valence-electron chi connectivity index (χ3n) is 6.81. The summed E-state index contributed by atoms with van der Waals surface area (Å²) in [5.41, 5.74) is 0.00784. The van der Waals surface area contributed by atoms with E-state index >= 15 is 0 Å². The topological polar surface area (TPSA) is 73.5 Å². The summed E-state index contributed by atoms with van der Waals surface area (Å²) in [5.74, 6) is -0.431. The molecule has 2 N–H and O–H groups in total. The Hall–Kier alpha value is -0.630. The second kappa shape index (κ2) is 6.11. The second-order valence-electron chi connectivity index (χ2n) is 7.61. The van der Waals surface area contributed by atoms with E-state index in [1.54, 1.807) is 0 Å². The summed E-state index contributed by atoms with van der Waals surface area (Å²) in [6, 6.07) is 2.17. The van der Waals surface area contributed by atoms with Crippen molar-refractivity contribution in [2.75, 3.05) is 0 Å². The number of rotatable bonds is 4. The van der Waals surface area contributed by atoms with Gasteiger partial charge in [-0.2, -0.15) is 5.26 Å². The van der Waals surface area contributed by atoms with Gasteiger partial charge in [-0.25, -0.2) is 0 Å². The van der Waals surface area contributed by atoms with Crippen molar-refractivity contribution in [3.05, 3.63) is 0 Å². The van der Waals surface area contributed by atoms with Crippen molar-refractivity contribution in [2.45, 2.75) is 89.1 Å². The molecular weight excluding hydrogens is 278 g/mol. The minimum atomic E-state index is -0.997. The van der Waals surface area contributed by atoms with E-state index in [4.69, 9.17) is 10.00 Å². The highest BCUT2D eigenvalue weighted by atomic mass is 16.6. The van der Waals surface area contributed by atoms with Crippen LogP contribution in [0.1, 0.15) is 71.1 Å². The van der Waals surface area contributed by atoms with Crippen LogP contribution in [0.25, 0.3) is 0 Å². The number of aliphatic hydroxyl groups is 2. The molecule has 3 aliphatic rings. The highest BCUT2D eigenvalue weighted by molar-refractivity contribution is 5.07. The van der Waals surface area contributed by atoms with Crippen molar-refractivity contribution in [3.63, 3.8) is 0 Å². The van der Waals surface area contributed by atoms with Crippen LogP contribution in [0.4, 0.5) is 0 Å². The van der Waals surface area contributed by atoms with Crippen molar-refractivity contribution >= 4 is 0 Å². The zero-order valence-corrected chi connectivity index (χ0v) is 13.6. The van der Waals surface area contributed by atoms with Crippen LogP contribution in [0.5, 0.6) is 0 Å². The molecule has 0 bridgehead atoms. The standard InChI is InChI=1S/C18H29NO3/c1-2-17-10-11-18(21)15(14(17)8-9-16(17)20)7-6-13(22-18)5-3-4-12-19/h13-16,20-21H,2-11H2,1H3/t13?,14-,15?,16+,17-,18?/m0/s1. The molecule has 4 heteroatoms. The Morgan fingerprint density at radius 3 is 2.68 bits per heavy atom. The van der Waals surface area contributed by atoms with Crippen LogP contribution in [0.3, 0.4) is 0 Å². The number of fused-ring (bicyclic) bond motifs is 3. The van der Waals surface area contributed by atoms with Crippen molar-refractivity contribution in [1.29, 1.82) is 5.26 Å². The predicted molar refractivity (Wildman–Crippen MR) is 82.7 cm³/mol. The molecule has 3 fully saturated rings. The molecule has 0 radical (unpaired) electrons. The molecule has 124 valence electrons. The van der Waals surface area contributed by atoms with Gasteiger partial charge in [-0.05, 0) is 62.7 Å². The van der Waals surface area contributed by atoms with Crippen LogP contribution in [-0.2, 0) is 4.74 Å². The van der Waals surface area contributed by atoms with E-state index in [0.29, 0.717) is 18.8 Å². The van der Waals surface area contributed by atoms with Crippen LogP contribution < -0.4 is 0 Å². The summed E-state index contributed by atoms with van der Waals surface area (Å²) in [5, 5.41) is 30.2. The summed E-state index contributed by atoms with van der Waals surface area (Å²) >= 11 is 0. The van der Waals surface area contributed by atoms with Crippen LogP contribution in [-0.4, -0.2) is 28.2 Å². The van der Waals surface area contributed by atoms with Crippen LogP contribution in [0.2, 0.25) is 0 Å². The number of nitrogens with zero attached hydrogens (tertiary/aromatic N) is 1. The van der Waals surface area contributed by atoms with Gasteiger partial charge in [0.2, 0.25) is 0 Å². The zero-order valence-electron chi connectivity index (χ0n) is 13.6. The van der Waals surface area contributed by atoms with Gasteiger partial charge in [0, 0.05) is 18.8 Å². The molecule has 0 aromatic heterocycles. The van der Waals surface area contributed by atoms with Crippen LogP contribution in [0, 0.1) is 28.6 Å². The predicted octanol–water partition coefficient (Wildman–Crippen LogP) is 3.13. The molecule has 1 saturated heterocycles. The maximum absolute atomic E-state index is 11.1. The molecule has 4 nitrogen and oxygen atoms in total. The lowest BCUT2D eigenvalue weighted by Gasteiger charge is -2.55. The van der Waals surface area contributed by atoms with Gasteiger partial charge >= 0.3 is 0 Å². The third-order valence-corrected chi connectivity index (χ3v) is 6.81. The molecule has 1 aliphatic heterocycles. The third kappa shape index (κ3) is 2.48. The second-order valence-corrected chi connectivity index (χ2v) is 7.61. The molecule has 0 aromatic rings. The molecule has 0 amide bonds. The van der Waals surface area contributed by atoms with E-state index in [0.717, 1.165) is 51.4 Å². The first-order valence-electron chi connectivity index (χ1n) is 9.01. The maximum Gasteiger partial charge on any atom is 0.168 e. The van der Waals surface area contributed by atoms with Gasteiger partial charge in [-0.15, -0.1) is 0 Å². The number of hydrogen-bond acceptors (Lipinski definition) is 4. The highest BCUT2D eigenvalue weighted by Crippen LogP contribution is 2.61. The fourth-order valence-corrected chi connectivity index (χ4v) is 5.60. The van der Waals surface area contributed by atoms with Crippen molar-refractivity contribution in [3.8, 4) is 6.07 Å². The lowest BCUT2D eigenvalue weighted by atomic mass is 9.57. The summed E-state index contributed by atoms with van der Waals surface area (Å²) < 4.78 is 6.12. The largest absolute Gasteiger partial charge is 0.393 e. The molecule has 1 heterocycles.